The van der Waals surface area contributed by atoms with Gasteiger partial charge in [-0.05, 0) is 97.2 Å². The molecule has 2 aliphatic heterocycles. The SMILES string of the molecule is CC1CCC2(OC1)OC1CC3C4CC(O)C5CC(C)CCC5(C)C4CCC3(C)C1C2C. The van der Waals surface area contributed by atoms with E-state index in [-0.39, 0.29) is 11.9 Å². The molecule has 176 valence electrons. The lowest BCUT2D eigenvalue weighted by Gasteiger charge is -2.62. The maximum Gasteiger partial charge on any atom is 0.171 e. The lowest BCUT2D eigenvalue weighted by atomic mass is 9.43. The molecule has 6 aliphatic rings. The fourth-order valence-electron chi connectivity index (χ4n) is 10.5. The molecule has 1 N–H and O–H groups in total. The van der Waals surface area contributed by atoms with Crippen LogP contribution in [0.25, 0.3) is 0 Å². The summed E-state index contributed by atoms with van der Waals surface area (Å²) < 4.78 is 13.4. The molecule has 0 radical (unpaired) electrons. The van der Waals surface area contributed by atoms with Crippen LogP contribution < -0.4 is 0 Å². The molecule has 13 atom stereocenters. The Kier molecular flexibility index (Phi) is 4.80. The van der Waals surface area contributed by atoms with Gasteiger partial charge in [-0.1, -0.05) is 41.0 Å². The molecule has 2 heterocycles. The summed E-state index contributed by atoms with van der Waals surface area (Å²) in [7, 11) is 0. The van der Waals surface area contributed by atoms with E-state index in [9.17, 15) is 5.11 Å². The van der Waals surface area contributed by atoms with Crippen molar-refractivity contribution in [2.45, 2.75) is 110 Å². The Hall–Kier alpha value is -0.120. The van der Waals surface area contributed by atoms with Crippen LogP contribution in [0, 0.1) is 58.2 Å². The average Bonchev–Trinajstić information content (AvgIpc) is 3.17. The average molecular weight is 431 g/mol. The van der Waals surface area contributed by atoms with Gasteiger partial charge in [-0.25, -0.2) is 0 Å². The summed E-state index contributed by atoms with van der Waals surface area (Å²) >= 11 is 0. The van der Waals surface area contributed by atoms with Gasteiger partial charge >= 0.3 is 0 Å². The fourth-order valence-corrected chi connectivity index (χ4v) is 10.5. The summed E-state index contributed by atoms with van der Waals surface area (Å²) in [4.78, 5) is 0. The fraction of sp³-hybridized carbons (Fsp3) is 1.00. The van der Waals surface area contributed by atoms with Gasteiger partial charge in [0.25, 0.3) is 0 Å². The van der Waals surface area contributed by atoms with Crippen molar-refractivity contribution in [3.05, 3.63) is 0 Å². The van der Waals surface area contributed by atoms with Crippen LogP contribution in [0.15, 0.2) is 0 Å². The van der Waals surface area contributed by atoms with Gasteiger partial charge < -0.3 is 14.6 Å². The molecular formula is C28H46O3. The van der Waals surface area contributed by atoms with Crippen LogP contribution in [0.4, 0.5) is 0 Å². The Morgan fingerprint density at radius 2 is 1.52 bits per heavy atom. The third-order valence-corrected chi connectivity index (χ3v) is 12.2. The Morgan fingerprint density at radius 1 is 0.774 bits per heavy atom. The van der Waals surface area contributed by atoms with Gasteiger partial charge in [0.1, 0.15) is 0 Å². The van der Waals surface area contributed by atoms with Crippen molar-refractivity contribution < 1.29 is 14.6 Å². The topological polar surface area (TPSA) is 38.7 Å². The molecule has 1 spiro atoms. The highest BCUT2D eigenvalue weighted by molar-refractivity contribution is 5.16. The van der Waals surface area contributed by atoms with E-state index in [1.54, 1.807) is 0 Å². The number of rotatable bonds is 0. The lowest BCUT2D eigenvalue weighted by Crippen LogP contribution is -2.58. The van der Waals surface area contributed by atoms with Crippen molar-refractivity contribution in [3.63, 3.8) is 0 Å². The molecular weight excluding hydrogens is 384 g/mol. The highest BCUT2D eigenvalue weighted by Gasteiger charge is 2.69. The van der Waals surface area contributed by atoms with Gasteiger partial charge in [-0.3, -0.25) is 0 Å². The molecule has 0 aromatic heterocycles. The third-order valence-electron chi connectivity index (χ3n) is 12.2. The van der Waals surface area contributed by atoms with E-state index in [1.165, 1.54) is 44.9 Å². The maximum atomic E-state index is 11.4. The van der Waals surface area contributed by atoms with Crippen molar-refractivity contribution in [1.29, 1.82) is 0 Å². The van der Waals surface area contributed by atoms with Crippen molar-refractivity contribution in [2.75, 3.05) is 6.61 Å². The van der Waals surface area contributed by atoms with Gasteiger partial charge in [0.15, 0.2) is 5.79 Å². The third kappa shape index (κ3) is 2.81. The van der Waals surface area contributed by atoms with Crippen LogP contribution in [0.5, 0.6) is 0 Å². The van der Waals surface area contributed by atoms with E-state index < -0.39 is 0 Å². The van der Waals surface area contributed by atoms with E-state index in [0.717, 1.165) is 37.2 Å². The van der Waals surface area contributed by atoms with Gasteiger partial charge in [0.2, 0.25) is 0 Å². The van der Waals surface area contributed by atoms with E-state index in [1.807, 2.05) is 0 Å². The normalized spacial score (nSPS) is 63.3. The molecule has 3 heteroatoms. The summed E-state index contributed by atoms with van der Waals surface area (Å²) in [5.74, 6) is 4.99. The zero-order valence-corrected chi connectivity index (χ0v) is 20.6. The Morgan fingerprint density at radius 3 is 2.26 bits per heavy atom. The first-order valence-corrected chi connectivity index (χ1v) is 13.7. The van der Waals surface area contributed by atoms with Crippen LogP contribution in [-0.4, -0.2) is 29.7 Å². The van der Waals surface area contributed by atoms with E-state index in [4.69, 9.17) is 9.47 Å². The molecule has 4 aliphatic carbocycles. The van der Waals surface area contributed by atoms with Crippen molar-refractivity contribution in [2.24, 2.45) is 58.2 Å². The molecule has 6 fully saturated rings. The number of aliphatic hydroxyl groups excluding tert-OH is 1. The summed E-state index contributed by atoms with van der Waals surface area (Å²) in [6.07, 6.45) is 11.5. The predicted molar refractivity (Wildman–Crippen MR) is 122 cm³/mol. The Bertz CT molecular complexity index is 713. The zero-order chi connectivity index (χ0) is 21.8. The number of fused-ring (bicyclic) bond motifs is 7. The van der Waals surface area contributed by atoms with Crippen molar-refractivity contribution in [3.8, 4) is 0 Å². The summed E-state index contributed by atoms with van der Waals surface area (Å²) in [6.45, 7) is 13.2. The minimum Gasteiger partial charge on any atom is -0.393 e. The second-order valence-corrected chi connectivity index (χ2v) is 13.7. The second-order valence-electron chi connectivity index (χ2n) is 13.7. The first kappa shape index (κ1) is 21.4. The zero-order valence-electron chi connectivity index (χ0n) is 20.6. The predicted octanol–water partition coefficient (Wildman–Crippen LogP) is 6.04. The van der Waals surface area contributed by atoms with Crippen LogP contribution in [0.2, 0.25) is 0 Å². The summed E-state index contributed by atoms with van der Waals surface area (Å²) in [5, 5.41) is 11.4. The molecule has 0 bridgehead atoms. The number of ether oxygens (including phenoxy) is 2. The molecule has 4 saturated carbocycles. The van der Waals surface area contributed by atoms with Crippen LogP contribution in [0.1, 0.15) is 92.4 Å². The monoisotopic (exact) mass is 430 g/mol. The molecule has 0 aromatic rings. The lowest BCUT2D eigenvalue weighted by molar-refractivity contribution is -0.273. The number of hydrogen-bond donors (Lipinski definition) is 1. The van der Waals surface area contributed by atoms with E-state index >= 15 is 0 Å². The highest BCUT2D eigenvalue weighted by Crippen LogP contribution is 2.71. The minimum absolute atomic E-state index is 0.0929. The smallest absolute Gasteiger partial charge is 0.171 e. The van der Waals surface area contributed by atoms with Crippen LogP contribution >= 0.6 is 0 Å². The van der Waals surface area contributed by atoms with E-state index in [2.05, 4.69) is 34.6 Å². The van der Waals surface area contributed by atoms with Crippen LogP contribution in [-0.2, 0) is 9.47 Å². The van der Waals surface area contributed by atoms with Crippen molar-refractivity contribution >= 4 is 0 Å². The maximum absolute atomic E-state index is 11.4. The molecule has 6 rings (SSSR count). The van der Waals surface area contributed by atoms with Gasteiger partial charge in [-0.2, -0.15) is 0 Å². The number of aliphatic hydroxyl groups is 1. The quantitative estimate of drug-likeness (QED) is 0.509. The summed E-state index contributed by atoms with van der Waals surface area (Å²) in [6, 6.07) is 0. The van der Waals surface area contributed by atoms with Gasteiger partial charge in [0.05, 0.1) is 18.8 Å². The van der Waals surface area contributed by atoms with Crippen molar-refractivity contribution in [1.82, 2.24) is 0 Å². The molecule has 2 saturated heterocycles. The second kappa shape index (κ2) is 6.95. The minimum atomic E-state index is -0.310. The number of hydrogen-bond acceptors (Lipinski definition) is 3. The molecule has 3 nitrogen and oxygen atoms in total. The molecule has 13 unspecified atom stereocenters. The Labute approximate surface area is 190 Å². The van der Waals surface area contributed by atoms with Gasteiger partial charge in [-0.15, -0.1) is 0 Å². The molecule has 31 heavy (non-hydrogen) atoms. The largest absolute Gasteiger partial charge is 0.393 e. The first-order chi connectivity index (χ1) is 14.7. The highest BCUT2D eigenvalue weighted by atomic mass is 16.7. The van der Waals surface area contributed by atoms with E-state index in [0.29, 0.717) is 46.5 Å². The van der Waals surface area contributed by atoms with Gasteiger partial charge in [0, 0.05) is 12.3 Å². The van der Waals surface area contributed by atoms with Crippen LogP contribution in [0.3, 0.4) is 0 Å². The first-order valence-electron chi connectivity index (χ1n) is 13.7. The Balaban J connectivity index is 1.28. The standard InChI is InChI=1S/C28H46O3/c1-16-6-9-26(4)20-8-10-27(5)21(19(20)13-23(29)22(26)12-16)14-24-25(27)18(3)28(31-24)11-7-17(2)15-30-28/h16-25,29H,6-15H2,1-5H3. The molecule has 0 amide bonds. The summed E-state index contributed by atoms with van der Waals surface area (Å²) in [5.41, 5.74) is 0.705. The molecule has 0 aromatic carbocycles.